The third-order valence-corrected chi connectivity index (χ3v) is 3.33. The van der Waals surface area contributed by atoms with E-state index in [1.807, 2.05) is 47.6 Å². The van der Waals surface area contributed by atoms with Gasteiger partial charge in [-0.15, -0.1) is 5.10 Å². The molecule has 2 heterocycles. The molecule has 1 N–H and O–H groups in total. The lowest BCUT2D eigenvalue weighted by molar-refractivity contribution is -0.123. The topological polar surface area (TPSA) is 92.5 Å². The molecule has 0 bridgehead atoms. The predicted octanol–water partition coefficient (Wildman–Crippen LogP) is 1.12. The second-order valence-electron chi connectivity index (χ2n) is 6.80. The Kier molecular flexibility index (Phi) is 4.86. The van der Waals surface area contributed by atoms with E-state index in [9.17, 15) is 9.59 Å². The van der Waals surface area contributed by atoms with Gasteiger partial charge in [0.2, 0.25) is 11.7 Å². The molecular formula is C16H24N6O2. The zero-order valence-corrected chi connectivity index (χ0v) is 15.0. The Labute approximate surface area is 141 Å². The number of carbonyl (C=O) groups is 2. The SMILES string of the molecule is CCN(CC(=O)NC(C)(C)C)C(=O)c1nc2nc(C)cc(C)n2n1. The Balaban J connectivity index is 2.22. The van der Waals surface area contributed by atoms with Crippen LogP contribution in [0.2, 0.25) is 0 Å². The largest absolute Gasteiger partial charge is 0.350 e. The van der Waals surface area contributed by atoms with Crippen LogP contribution in [0.5, 0.6) is 0 Å². The number of hydrogen-bond acceptors (Lipinski definition) is 5. The third-order valence-electron chi connectivity index (χ3n) is 3.33. The lowest BCUT2D eigenvalue weighted by atomic mass is 10.1. The molecule has 0 saturated heterocycles. The van der Waals surface area contributed by atoms with E-state index in [2.05, 4.69) is 20.4 Å². The van der Waals surface area contributed by atoms with E-state index < -0.39 is 0 Å². The van der Waals surface area contributed by atoms with Gasteiger partial charge >= 0.3 is 0 Å². The summed E-state index contributed by atoms with van der Waals surface area (Å²) in [6.45, 7) is 11.6. The molecule has 8 nitrogen and oxygen atoms in total. The fourth-order valence-electron chi connectivity index (χ4n) is 2.36. The Morgan fingerprint density at radius 3 is 2.50 bits per heavy atom. The molecule has 2 amide bonds. The normalized spacial score (nSPS) is 11.6. The van der Waals surface area contributed by atoms with E-state index in [0.717, 1.165) is 11.4 Å². The molecule has 0 atom stereocenters. The van der Waals surface area contributed by atoms with Crippen LogP contribution >= 0.6 is 0 Å². The van der Waals surface area contributed by atoms with E-state index in [0.29, 0.717) is 12.3 Å². The Morgan fingerprint density at radius 1 is 1.25 bits per heavy atom. The van der Waals surface area contributed by atoms with E-state index in [1.165, 1.54) is 9.42 Å². The summed E-state index contributed by atoms with van der Waals surface area (Å²) in [6, 6.07) is 1.87. The summed E-state index contributed by atoms with van der Waals surface area (Å²) in [5.74, 6) is -0.177. The van der Waals surface area contributed by atoms with Crippen LogP contribution in [-0.4, -0.2) is 54.9 Å². The molecule has 0 aromatic carbocycles. The summed E-state index contributed by atoms with van der Waals surface area (Å²) in [5.41, 5.74) is 1.31. The number of rotatable bonds is 4. The maximum absolute atomic E-state index is 12.6. The van der Waals surface area contributed by atoms with Crippen molar-refractivity contribution in [3.05, 3.63) is 23.3 Å². The minimum atomic E-state index is -0.385. The fraction of sp³-hybridized carbons (Fsp3) is 0.562. The van der Waals surface area contributed by atoms with Crippen LogP contribution in [0.3, 0.4) is 0 Å². The molecule has 2 aromatic rings. The Morgan fingerprint density at radius 2 is 1.92 bits per heavy atom. The highest BCUT2D eigenvalue weighted by Crippen LogP contribution is 2.08. The minimum absolute atomic E-state index is 0.0341. The standard InChI is InChI=1S/C16H24N6O2/c1-7-21(9-12(23)19-16(4,5)6)14(24)13-18-15-17-10(2)8-11(3)22(15)20-13/h8H,7,9H2,1-6H3,(H,19,23). The molecule has 2 rings (SSSR count). The van der Waals surface area contributed by atoms with Crippen molar-refractivity contribution in [3.8, 4) is 0 Å². The van der Waals surface area contributed by atoms with Gasteiger partial charge in [0.05, 0.1) is 6.54 Å². The van der Waals surface area contributed by atoms with Gasteiger partial charge in [0.15, 0.2) is 0 Å². The van der Waals surface area contributed by atoms with Gasteiger partial charge in [-0.25, -0.2) is 9.50 Å². The molecule has 0 aliphatic rings. The van der Waals surface area contributed by atoms with E-state index >= 15 is 0 Å². The number of fused-ring (bicyclic) bond motifs is 1. The van der Waals surface area contributed by atoms with Gasteiger partial charge in [0, 0.05) is 23.5 Å². The van der Waals surface area contributed by atoms with Crippen LogP contribution < -0.4 is 5.32 Å². The van der Waals surface area contributed by atoms with E-state index in [4.69, 9.17) is 0 Å². The molecule has 2 aromatic heterocycles. The van der Waals surface area contributed by atoms with Crippen LogP contribution in [0.4, 0.5) is 0 Å². The molecule has 0 spiro atoms. The van der Waals surface area contributed by atoms with Gasteiger partial charge in [-0.2, -0.15) is 4.98 Å². The summed E-state index contributed by atoms with van der Waals surface area (Å²) in [4.78, 5) is 34.6. The van der Waals surface area contributed by atoms with Crippen LogP contribution in [0.1, 0.15) is 49.7 Å². The van der Waals surface area contributed by atoms with Crippen LogP contribution in [0.15, 0.2) is 6.07 Å². The molecular weight excluding hydrogens is 308 g/mol. The molecule has 8 heteroatoms. The van der Waals surface area contributed by atoms with Crippen molar-refractivity contribution in [2.45, 2.75) is 47.1 Å². The zero-order chi connectivity index (χ0) is 18.1. The van der Waals surface area contributed by atoms with Gasteiger partial charge < -0.3 is 10.2 Å². The van der Waals surface area contributed by atoms with Crippen molar-refractivity contribution in [2.75, 3.05) is 13.1 Å². The summed E-state index contributed by atoms with van der Waals surface area (Å²) < 4.78 is 1.53. The number of nitrogens with zero attached hydrogens (tertiary/aromatic N) is 5. The van der Waals surface area contributed by atoms with Gasteiger partial charge in [0.1, 0.15) is 0 Å². The average Bonchev–Trinajstić information content (AvgIpc) is 2.86. The number of aryl methyl sites for hydroxylation is 2. The van der Waals surface area contributed by atoms with Crippen molar-refractivity contribution in [1.82, 2.24) is 29.8 Å². The monoisotopic (exact) mass is 332 g/mol. The predicted molar refractivity (Wildman–Crippen MR) is 89.7 cm³/mol. The molecule has 130 valence electrons. The first-order valence-electron chi connectivity index (χ1n) is 7.92. The first-order chi connectivity index (χ1) is 11.1. The van der Waals surface area contributed by atoms with Gasteiger partial charge in [-0.3, -0.25) is 9.59 Å². The van der Waals surface area contributed by atoms with E-state index in [-0.39, 0.29) is 29.7 Å². The maximum Gasteiger partial charge on any atom is 0.294 e. The number of aromatic nitrogens is 4. The minimum Gasteiger partial charge on any atom is -0.350 e. The Bertz CT molecular complexity index is 775. The number of nitrogens with one attached hydrogen (secondary N) is 1. The van der Waals surface area contributed by atoms with E-state index in [1.54, 1.807) is 0 Å². The molecule has 0 aliphatic heterocycles. The number of likely N-dealkylation sites (N-methyl/N-ethyl adjacent to an activating group) is 1. The molecule has 0 radical (unpaired) electrons. The first-order valence-corrected chi connectivity index (χ1v) is 7.92. The number of carbonyl (C=O) groups excluding carboxylic acids is 2. The number of amides is 2. The average molecular weight is 332 g/mol. The van der Waals surface area contributed by atoms with Crippen LogP contribution in [0, 0.1) is 13.8 Å². The van der Waals surface area contributed by atoms with Crippen molar-refractivity contribution in [3.63, 3.8) is 0 Å². The smallest absolute Gasteiger partial charge is 0.294 e. The van der Waals surface area contributed by atoms with Gasteiger partial charge in [-0.05, 0) is 47.6 Å². The van der Waals surface area contributed by atoms with Crippen molar-refractivity contribution in [2.24, 2.45) is 0 Å². The summed E-state index contributed by atoms with van der Waals surface area (Å²) in [6.07, 6.45) is 0. The lowest BCUT2D eigenvalue weighted by Gasteiger charge is -2.24. The van der Waals surface area contributed by atoms with Crippen molar-refractivity contribution >= 4 is 17.6 Å². The highest BCUT2D eigenvalue weighted by atomic mass is 16.2. The van der Waals surface area contributed by atoms with Crippen molar-refractivity contribution < 1.29 is 9.59 Å². The first kappa shape index (κ1) is 17.8. The zero-order valence-electron chi connectivity index (χ0n) is 15.0. The summed E-state index contributed by atoms with van der Waals surface area (Å²) >= 11 is 0. The summed E-state index contributed by atoms with van der Waals surface area (Å²) in [7, 11) is 0. The fourth-order valence-corrected chi connectivity index (χ4v) is 2.36. The van der Waals surface area contributed by atoms with Gasteiger partial charge in [0.25, 0.3) is 11.7 Å². The Hall–Kier alpha value is -2.51. The molecule has 0 unspecified atom stereocenters. The molecule has 0 aliphatic carbocycles. The highest BCUT2D eigenvalue weighted by molar-refractivity contribution is 5.93. The molecule has 0 fully saturated rings. The van der Waals surface area contributed by atoms with Crippen LogP contribution in [-0.2, 0) is 4.79 Å². The third kappa shape index (κ3) is 4.06. The molecule has 24 heavy (non-hydrogen) atoms. The highest BCUT2D eigenvalue weighted by Gasteiger charge is 2.24. The van der Waals surface area contributed by atoms with Gasteiger partial charge in [-0.1, -0.05) is 0 Å². The lowest BCUT2D eigenvalue weighted by Crippen LogP contribution is -2.47. The quantitative estimate of drug-likeness (QED) is 0.905. The van der Waals surface area contributed by atoms with Crippen molar-refractivity contribution in [1.29, 1.82) is 0 Å². The maximum atomic E-state index is 12.6. The number of hydrogen-bond donors (Lipinski definition) is 1. The molecule has 0 saturated carbocycles. The summed E-state index contributed by atoms with van der Waals surface area (Å²) in [5, 5.41) is 7.07. The van der Waals surface area contributed by atoms with Crippen LogP contribution in [0.25, 0.3) is 5.78 Å². The second-order valence-corrected chi connectivity index (χ2v) is 6.80. The second kappa shape index (κ2) is 6.54.